The van der Waals surface area contributed by atoms with Crippen LogP contribution >= 0.6 is 0 Å². The lowest BCUT2D eigenvalue weighted by molar-refractivity contribution is 0.511. The first kappa shape index (κ1) is 9.91. The maximum absolute atomic E-state index is 6.53. The van der Waals surface area contributed by atoms with Gasteiger partial charge in [0.05, 0.1) is 5.52 Å². The fraction of sp³-hybridized carbons (Fsp3) is 0.429. The molecule has 1 aromatic heterocycles. The van der Waals surface area contributed by atoms with Crippen molar-refractivity contribution in [2.45, 2.75) is 25.8 Å². The Kier molecular flexibility index (Phi) is 1.67. The molecule has 0 saturated heterocycles. The van der Waals surface area contributed by atoms with Crippen LogP contribution in [0.25, 0.3) is 10.9 Å². The highest BCUT2D eigenvalue weighted by atomic mass is 15.0. The van der Waals surface area contributed by atoms with Crippen molar-refractivity contribution in [2.75, 3.05) is 0 Å². The Bertz CT molecular complexity index is 565. The summed E-state index contributed by atoms with van der Waals surface area (Å²) in [5, 5.41) is 1.28. The molecule has 1 atom stereocenters. The molecule has 84 valence electrons. The Morgan fingerprint density at radius 2 is 1.94 bits per heavy atom. The van der Waals surface area contributed by atoms with Gasteiger partial charge in [0.2, 0.25) is 0 Å². The van der Waals surface area contributed by atoms with Crippen LogP contribution in [-0.2, 0) is 12.6 Å². The summed E-state index contributed by atoms with van der Waals surface area (Å²) in [5.74, 6) is 0. The van der Waals surface area contributed by atoms with Crippen molar-refractivity contribution in [2.24, 2.45) is 18.2 Å². The van der Waals surface area contributed by atoms with Gasteiger partial charge in [-0.3, -0.25) is 0 Å². The molecule has 1 unspecified atom stereocenters. The fourth-order valence-corrected chi connectivity index (χ4v) is 2.83. The highest BCUT2D eigenvalue weighted by Crippen LogP contribution is 2.61. The molecule has 0 amide bonds. The van der Waals surface area contributed by atoms with E-state index >= 15 is 0 Å². The number of aromatic nitrogens is 1. The molecular weight excluding hydrogens is 196 g/mol. The summed E-state index contributed by atoms with van der Waals surface area (Å²) < 4.78 is 2.17. The van der Waals surface area contributed by atoms with Crippen LogP contribution in [0, 0.1) is 5.41 Å². The molecule has 2 aromatic rings. The van der Waals surface area contributed by atoms with Crippen molar-refractivity contribution in [3.8, 4) is 0 Å². The molecule has 1 aromatic carbocycles. The molecule has 2 nitrogen and oxygen atoms in total. The zero-order valence-corrected chi connectivity index (χ0v) is 10.1. The summed E-state index contributed by atoms with van der Waals surface area (Å²) in [5.41, 5.74) is 9.20. The lowest BCUT2D eigenvalue weighted by atomic mass is 9.95. The zero-order valence-electron chi connectivity index (χ0n) is 10.1. The minimum atomic E-state index is -0.140. The maximum atomic E-state index is 6.53. The molecule has 0 radical (unpaired) electrons. The Balaban J connectivity index is 2.29. The van der Waals surface area contributed by atoms with Gasteiger partial charge in [-0.2, -0.15) is 0 Å². The van der Waals surface area contributed by atoms with Crippen LogP contribution in [0.15, 0.2) is 30.5 Å². The minimum Gasteiger partial charge on any atom is -0.350 e. The van der Waals surface area contributed by atoms with Gasteiger partial charge >= 0.3 is 0 Å². The first-order valence-electron chi connectivity index (χ1n) is 5.79. The normalized spacial score (nSPS) is 27.2. The van der Waals surface area contributed by atoms with E-state index in [9.17, 15) is 0 Å². The van der Waals surface area contributed by atoms with Gasteiger partial charge in [-0.25, -0.2) is 0 Å². The van der Waals surface area contributed by atoms with Gasteiger partial charge in [0.25, 0.3) is 0 Å². The molecule has 1 aliphatic rings. The largest absolute Gasteiger partial charge is 0.350 e. The number of para-hydroxylation sites is 1. The maximum Gasteiger partial charge on any atom is 0.0529 e. The molecule has 16 heavy (non-hydrogen) atoms. The number of nitrogens with zero attached hydrogens (tertiary/aromatic N) is 1. The van der Waals surface area contributed by atoms with E-state index in [4.69, 9.17) is 5.73 Å². The van der Waals surface area contributed by atoms with E-state index in [-0.39, 0.29) is 11.0 Å². The third-order valence-corrected chi connectivity index (χ3v) is 4.18. The number of hydrogen-bond acceptors (Lipinski definition) is 1. The molecule has 1 heterocycles. The quantitative estimate of drug-likeness (QED) is 0.777. The van der Waals surface area contributed by atoms with Gasteiger partial charge < -0.3 is 10.3 Å². The molecule has 1 fully saturated rings. The molecule has 0 aliphatic heterocycles. The smallest absolute Gasteiger partial charge is 0.0529 e. The number of aryl methyl sites for hydroxylation is 1. The van der Waals surface area contributed by atoms with Crippen LogP contribution in [-0.4, -0.2) is 4.57 Å². The van der Waals surface area contributed by atoms with Crippen molar-refractivity contribution in [1.29, 1.82) is 0 Å². The van der Waals surface area contributed by atoms with E-state index in [0.717, 1.165) is 6.42 Å². The van der Waals surface area contributed by atoms with Gasteiger partial charge in [-0.1, -0.05) is 32.0 Å². The van der Waals surface area contributed by atoms with Gasteiger partial charge in [0, 0.05) is 18.8 Å². The van der Waals surface area contributed by atoms with E-state index < -0.39 is 0 Å². The van der Waals surface area contributed by atoms with Gasteiger partial charge in [0.1, 0.15) is 0 Å². The van der Waals surface area contributed by atoms with Gasteiger partial charge in [-0.05, 0) is 28.9 Å². The molecular formula is C14H18N2. The summed E-state index contributed by atoms with van der Waals surface area (Å²) in [6.07, 6.45) is 3.18. The minimum absolute atomic E-state index is 0.140. The number of fused-ring (bicyclic) bond motifs is 1. The van der Waals surface area contributed by atoms with Gasteiger partial charge in [-0.15, -0.1) is 0 Å². The summed E-state index contributed by atoms with van der Waals surface area (Å²) in [4.78, 5) is 0. The molecule has 0 bridgehead atoms. The highest BCUT2D eigenvalue weighted by Gasteiger charge is 2.60. The standard InChI is InChI=1S/C14H18N2/c1-13(2)9-14(13,15)11-6-4-5-10-7-8-16(3)12(10)11/h4-8H,9,15H2,1-3H3. The van der Waals surface area contributed by atoms with Crippen molar-refractivity contribution in [1.82, 2.24) is 4.57 Å². The van der Waals surface area contributed by atoms with Crippen molar-refractivity contribution in [3.63, 3.8) is 0 Å². The molecule has 2 N–H and O–H groups in total. The number of rotatable bonds is 1. The predicted molar refractivity (Wildman–Crippen MR) is 67.2 cm³/mol. The zero-order chi connectivity index (χ0) is 11.6. The van der Waals surface area contributed by atoms with Crippen LogP contribution in [0.5, 0.6) is 0 Å². The van der Waals surface area contributed by atoms with Crippen LogP contribution in [0.4, 0.5) is 0 Å². The lowest BCUT2D eigenvalue weighted by Gasteiger charge is -2.17. The number of hydrogen-bond donors (Lipinski definition) is 1. The van der Waals surface area contributed by atoms with Crippen molar-refractivity contribution >= 4 is 10.9 Å². The Morgan fingerprint density at radius 1 is 1.25 bits per heavy atom. The third kappa shape index (κ3) is 1.05. The van der Waals surface area contributed by atoms with Crippen LogP contribution in [0.1, 0.15) is 25.8 Å². The monoisotopic (exact) mass is 214 g/mol. The predicted octanol–water partition coefficient (Wildman–Crippen LogP) is 2.76. The van der Waals surface area contributed by atoms with E-state index in [1.807, 2.05) is 0 Å². The average molecular weight is 214 g/mol. The summed E-state index contributed by atoms with van der Waals surface area (Å²) in [7, 11) is 2.09. The fourth-order valence-electron chi connectivity index (χ4n) is 2.83. The van der Waals surface area contributed by atoms with Crippen LogP contribution in [0.2, 0.25) is 0 Å². The molecule has 1 aliphatic carbocycles. The highest BCUT2D eigenvalue weighted by molar-refractivity contribution is 5.85. The van der Waals surface area contributed by atoms with Crippen LogP contribution in [0.3, 0.4) is 0 Å². The molecule has 0 spiro atoms. The van der Waals surface area contributed by atoms with E-state index in [1.54, 1.807) is 0 Å². The lowest BCUT2D eigenvalue weighted by Crippen LogP contribution is -2.26. The SMILES string of the molecule is Cn1ccc2cccc(C3(N)CC3(C)C)c21. The second kappa shape index (κ2) is 2.69. The average Bonchev–Trinajstić information content (AvgIpc) is 2.57. The topological polar surface area (TPSA) is 30.9 Å². The number of nitrogens with two attached hydrogens (primary N) is 1. The molecule has 3 rings (SSSR count). The summed E-state index contributed by atoms with van der Waals surface area (Å²) in [6, 6.07) is 8.59. The molecule has 1 saturated carbocycles. The van der Waals surface area contributed by atoms with E-state index in [0.29, 0.717) is 0 Å². The van der Waals surface area contributed by atoms with Gasteiger partial charge in [0.15, 0.2) is 0 Å². The van der Waals surface area contributed by atoms with Crippen molar-refractivity contribution < 1.29 is 0 Å². The molecule has 2 heteroatoms. The Hall–Kier alpha value is -1.28. The van der Waals surface area contributed by atoms with E-state index in [1.165, 1.54) is 16.5 Å². The van der Waals surface area contributed by atoms with Crippen LogP contribution < -0.4 is 5.73 Å². The number of benzene rings is 1. The third-order valence-electron chi connectivity index (χ3n) is 4.18. The summed E-state index contributed by atoms with van der Waals surface area (Å²) >= 11 is 0. The second-order valence-electron chi connectivity index (χ2n) is 5.70. The van der Waals surface area contributed by atoms with Crippen molar-refractivity contribution in [3.05, 3.63) is 36.0 Å². The Morgan fingerprint density at radius 3 is 2.56 bits per heavy atom. The first-order chi connectivity index (χ1) is 7.46. The first-order valence-corrected chi connectivity index (χ1v) is 5.79. The van der Waals surface area contributed by atoms with E-state index in [2.05, 4.69) is 55.9 Å². The second-order valence-corrected chi connectivity index (χ2v) is 5.70. The summed E-state index contributed by atoms with van der Waals surface area (Å²) in [6.45, 7) is 4.49. The Labute approximate surface area is 96.1 Å².